The van der Waals surface area contributed by atoms with Gasteiger partial charge in [-0.1, -0.05) is 48.5 Å². The number of fused-ring (bicyclic) bond motifs is 1. The molecular formula is C25H24N2O4S. The molecule has 0 unspecified atom stereocenters. The smallest absolute Gasteiger partial charge is 0.325 e. The normalized spacial score (nSPS) is 15.2. The predicted octanol–water partition coefficient (Wildman–Crippen LogP) is 4.87. The van der Waals surface area contributed by atoms with Crippen molar-refractivity contribution >= 4 is 45.9 Å². The number of carbonyl (C=O) groups is 3. The lowest BCUT2D eigenvalue weighted by molar-refractivity contribution is -0.143. The average Bonchev–Trinajstić information content (AvgIpc) is 3.26. The monoisotopic (exact) mass is 448 g/mol. The summed E-state index contributed by atoms with van der Waals surface area (Å²) in [6, 6.07) is 17.7. The van der Waals surface area contributed by atoms with Crippen LogP contribution in [0.3, 0.4) is 0 Å². The molecule has 6 nitrogen and oxygen atoms in total. The first-order chi connectivity index (χ1) is 15.6. The zero-order valence-electron chi connectivity index (χ0n) is 17.8. The van der Waals surface area contributed by atoms with Gasteiger partial charge in [-0.25, -0.2) is 0 Å². The number of aryl methyl sites for hydroxylation is 1. The lowest BCUT2D eigenvalue weighted by atomic mass is 10.1. The van der Waals surface area contributed by atoms with Crippen molar-refractivity contribution in [3.8, 4) is 0 Å². The molecule has 1 aliphatic rings. The second-order valence-corrected chi connectivity index (χ2v) is 8.45. The molecule has 1 saturated heterocycles. The minimum Gasteiger partial charge on any atom is -0.465 e. The minimum absolute atomic E-state index is 0.0865. The first-order valence-electron chi connectivity index (χ1n) is 10.6. The second kappa shape index (κ2) is 9.87. The number of imide groups is 1. The maximum absolute atomic E-state index is 12.9. The maximum atomic E-state index is 12.9. The van der Waals surface area contributed by atoms with Crippen LogP contribution in [0.1, 0.15) is 24.5 Å². The Balaban J connectivity index is 1.51. The van der Waals surface area contributed by atoms with Gasteiger partial charge in [-0.15, -0.1) is 0 Å². The Hall–Kier alpha value is -3.32. The van der Waals surface area contributed by atoms with Crippen LogP contribution in [0.4, 0.5) is 4.79 Å². The number of rotatable bonds is 8. The fourth-order valence-electron chi connectivity index (χ4n) is 3.79. The SMILES string of the molecule is CCOC(=O)Cn1cc(/C=C2\SC(=O)N(CCCc3ccccc3)C2=O)c2ccccc21. The topological polar surface area (TPSA) is 68.6 Å². The number of thioether (sulfide) groups is 1. The van der Waals surface area contributed by atoms with E-state index in [1.165, 1.54) is 10.5 Å². The van der Waals surface area contributed by atoms with Crippen LogP contribution in [0, 0.1) is 0 Å². The Labute approximate surface area is 190 Å². The molecule has 0 saturated carbocycles. The molecule has 4 rings (SSSR count). The van der Waals surface area contributed by atoms with Crippen LogP contribution in [0.15, 0.2) is 65.7 Å². The molecule has 2 amide bonds. The van der Waals surface area contributed by atoms with E-state index in [0.29, 0.717) is 24.5 Å². The fourth-order valence-corrected chi connectivity index (χ4v) is 4.64. The largest absolute Gasteiger partial charge is 0.465 e. The van der Waals surface area contributed by atoms with Gasteiger partial charge >= 0.3 is 5.97 Å². The van der Waals surface area contributed by atoms with E-state index in [9.17, 15) is 14.4 Å². The van der Waals surface area contributed by atoms with Gasteiger partial charge < -0.3 is 9.30 Å². The molecule has 1 aliphatic heterocycles. The Bertz CT molecular complexity index is 1180. The summed E-state index contributed by atoms with van der Waals surface area (Å²) in [5, 5.41) is 0.664. The molecule has 0 aliphatic carbocycles. The molecule has 7 heteroatoms. The highest BCUT2D eigenvalue weighted by molar-refractivity contribution is 8.18. The van der Waals surface area contributed by atoms with Crippen LogP contribution in [0.2, 0.25) is 0 Å². The maximum Gasteiger partial charge on any atom is 0.325 e. The Morgan fingerprint density at radius 2 is 1.81 bits per heavy atom. The molecule has 3 aromatic rings. The van der Waals surface area contributed by atoms with Crippen LogP contribution in [-0.4, -0.2) is 39.7 Å². The van der Waals surface area contributed by atoms with E-state index in [4.69, 9.17) is 4.74 Å². The van der Waals surface area contributed by atoms with Gasteiger partial charge in [-0.05, 0) is 49.2 Å². The van der Waals surface area contributed by atoms with E-state index in [2.05, 4.69) is 0 Å². The van der Waals surface area contributed by atoms with Crippen molar-refractivity contribution in [1.82, 2.24) is 9.47 Å². The van der Waals surface area contributed by atoms with Crippen molar-refractivity contribution < 1.29 is 19.1 Å². The molecule has 0 radical (unpaired) electrons. The number of amides is 2. The van der Waals surface area contributed by atoms with Gasteiger partial charge in [0.2, 0.25) is 0 Å². The van der Waals surface area contributed by atoms with E-state index >= 15 is 0 Å². The van der Waals surface area contributed by atoms with Crippen LogP contribution < -0.4 is 0 Å². The summed E-state index contributed by atoms with van der Waals surface area (Å²) in [6.07, 6.45) is 5.09. The van der Waals surface area contributed by atoms with E-state index in [-0.39, 0.29) is 23.7 Å². The van der Waals surface area contributed by atoms with Gasteiger partial charge in [0.25, 0.3) is 11.1 Å². The number of esters is 1. The molecular weight excluding hydrogens is 424 g/mol. The molecule has 0 spiro atoms. The highest BCUT2D eigenvalue weighted by Crippen LogP contribution is 2.34. The summed E-state index contributed by atoms with van der Waals surface area (Å²) in [5.41, 5.74) is 2.85. The predicted molar refractivity (Wildman–Crippen MR) is 126 cm³/mol. The average molecular weight is 449 g/mol. The summed E-state index contributed by atoms with van der Waals surface area (Å²) < 4.78 is 6.88. The number of para-hydroxylation sites is 1. The van der Waals surface area contributed by atoms with Gasteiger partial charge in [-0.3, -0.25) is 19.3 Å². The van der Waals surface area contributed by atoms with Crippen molar-refractivity contribution in [2.45, 2.75) is 26.3 Å². The van der Waals surface area contributed by atoms with Crippen LogP contribution in [0.25, 0.3) is 17.0 Å². The zero-order valence-corrected chi connectivity index (χ0v) is 18.6. The number of hydrogen-bond donors (Lipinski definition) is 0. The highest BCUT2D eigenvalue weighted by Gasteiger charge is 2.34. The molecule has 2 heterocycles. The standard InChI is InChI=1S/C25H24N2O4S/c1-2-31-23(28)17-26-16-19(20-12-6-7-13-21(20)26)15-22-24(29)27(25(30)32-22)14-8-11-18-9-4-3-5-10-18/h3-7,9-10,12-13,15-16H,2,8,11,14,17H2,1H3/b22-15-. The zero-order chi connectivity index (χ0) is 22.5. The van der Waals surface area contributed by atoms with Gasteiger partial charge in [0, 0.05) is 29.2 Å². The summed E-state index contributed by atoms with van der Waals surface area (Å²) >= 11 is 0.960. The first kappa shape index (κ1) is 21.9. The third-order valence-corrected chi connectivity index (χ3v) is 6.18. The second-order valence-electron chi connectivity index (χ2n) is 7.46. The number of carbonyl (C=O) groups excluding carboxylic acids is 3. The minimum atomic E-state index is -0.321. The molecule has 0 bridgehead atoms. The van der Waals surface area contributed by atoms with Crippen LogP contribution in [0.5, 0.6) is 0 Å². The lowest BCUT2D eigenvalue weighted by Crippen LogP contribution is -2.29. The lowest BCUT2D eigenvalue weighted by Gasteiger charge is -2.12. The third-order valence-electron chi connectivity index (χ3n) is 5.27. The van der Waals surface area contributed by atoms with Crippen LogP contribution >= 0.6 is 11.8 Å². The Morgan fingerprint density at radius 1 is 1.06 bits per heavy atom. The summed E-state index contributed by atoms with van der Waals surface area (Å²) in [5.74, 6) is -0.589. The van der Waals surface area contributed by atoms with Crippen molar-refractivity contribution in [2.75, 3.05) is 13.2 Å². The molecule has 164 valence electrons. The van der Waals surface area contributed by atoms with Gasteiger partial charge in [0.15, 0.2) is 0 Å². The number of ether oxygens (including phenoxy) is 1. The summed E-state index contributed by atoms with van der Waals surface area (Å²) in [7, 11) is 0. The molecule has 0 atom stereocenters. The van der Waals surface area contributed by atoms with Gasteiger partial charge in [0.05, 0.1) is 11.5 Å². The number of nitrogens with zero attached hydrogens (tertiary/aromatic N) is 2. The van der Waals surface area contributed by atoms with Crippen molar-refractivity contribution in [1.29, 1.82) is 0 Å². The third kappa shape index (κ3) is 4.78. The molecule has 32 heavy (non-hydrogen) atoms. The fraction of sp³-hybridized carbons (Fsp3) is 0.240. The Morgan fingerprint density at radius 3 is 2.59 bits per heavy atom. The number of aromatic nitrogens is 1. The number of benzene rings is 2. The first-order valence-corrected chi connectivity index (χ1v) is 11.4. The molecule has 0 N–H and O–H groups in total. The van der Waals surface area contributed by atoms with E-state index < -0.39 is 0 Å². The van der Waals surface area contributed by atoms with Crippen LogP contribution in [-0.2, 0) is 27.3 Å². The molecule has 1 aromatic heterocycles. The summed E-state index contributed by atoms with van der Waals surface area (Å²) in [4.78, 5) is 39.1. The number of hydrogen-bond acceptors (Lipinski definition) is 5. The quantitative estimate of drug-likeness (QED) is 0.363. The molecule has 1 fully saturated rings. The Kier molecular flexibility index (Phi) is 6.75. The highest BCUT2D eigenvalue weighted by atomic mass is 32.2. The summed E-state index contributed by atoms with van der Waals surface area (Å²) in [6.45, 7) is 2.57. The van der Waals surface area contributed by atoms with Crippen molar-refractivity contribution in [2.24, 2.45) is 0 Å². The van der Waals surface area contributed by atoms with E-state index in [1.54, 1.807) is 13.0 Å². The van der Waals surface area contributed by atoms with E-state index in [0.717, 1.165) is 34.6 Å². The molecule has 2 aromatic carbocycles. The van der Waals surface area contributed by atoms with Gasteiger partial charge in [0.1, 0.15) is 6.54 Å². The van der Waals surface area contributed by atoms with Gasteiger partial charge in [-0.2, -0.15) is 0 Å². The van der Waals surface area contributed by atoms with Crippen molar-refractivity contribution in [3.05, 3.63) is 76.8 Å². The van der Waals surface area contributed by atoms with E-state index in [1.807, 2.05) is 65.4 Å². The van der Waals surface area contributed by atoms with Crippen molar-refractivity contribution in [3.63, 3.8) is 0 Å².